The van der Waals surface area contributed by atoms with E-state index in [2.05, 4.69) is 10.2 Å². The Kier molecular flexibility index (Phi) is 5.31. The van der Waals surface area contributed by atoms with Gasteiger partial charge < -0.3 is 5.32 Å². The van der Waals surface area contributed by atoms with Crippen molar-refractivity contribution in [3.8, 4) is 0 Å². The van der Waals surface area contributed by atoms with E-state index in [0.29, 0.717) is 17.1 Å². The van der Waals surface area contributed by atoms with E-state index < -0.39 is 0 Å². The first kappa shape index (κ1) is 14.4. The van der Waals surface area contributed by atoms with Gasteiger partial charge in [-0.05, 0) is 37.2 Å². The Balaban J connectivity index is 1.89. The zero-order valence-corrected chi connectivity index (χ0v) is 11.5. The second-order valence-electron chi connectivity index (χ2n) is 4.83. The minimum atomic E-state index is -0.375. The van der Waals surface area contributed by atoms with Gasteiger partial charge in [-0.2, -0.15) is 0 Å². The van der Waals surface area contributed by atoms with Crippen molar-refractivity contribution in [2.75, 3.05) is 32.7 Å². The van der Waals surface area contributed by atoms with Crippen LogP contribution in [0.4, 0.5) is 4.39 Å². The van der Waals surface area contributed by atoms with Gasteiger partial charge in [0, 0.05) is 24.5 Å². The molecule has 2 rings (SSSR count). The van der Waals surface area contributed by atoms with Crippen LogP contribution in [-0.4, -0.2) is 43.4 Å². The standard InChI is InChI=1S/C14H18ClFN2O/c15-14-9-12(16)3-2-11(14)8-13(19)10-18-6-1-4-17-5-7-18/h2-3,9,17H,1,4-8,10H2. The van der Waals surface area contributed by atoms with Crippen molar-refractivity contribution in [2.24, 2.45) is 0 Å². The SMILES string of the molecule is O=C(Cc1ccc(F)cc1Cl)CN1CCCNCC1. The first-order chi connectivity index (χ1) is 9.15. The number of carbonyl (C=O) groups is 1. The molecule has 3 nitrogen and oxygen atoms in total. The number of hydrogen-bond donors (Lipinski definition) is 1. The summed E-state index contributed by atoms with van der Waals surface area (Å²) in [4.78, 5) is 14.2. The fourth-order valence-corrected chi connectivity index (χ4v) is 2.48. The van der Waals surface area contributed by atoms with E-state index in [1.165, 1.54) is 12.1 Å². The lowest BCUT2D eigenvalue weighted by Crippen LogP contribution is -2.33. The number of nitrogens with one attached hydrogen (secondary N) is 1. The highest BCUT2D eigenvalue weighted by molar-refractivity contribution is 6.31. The second-order valence-corrected chi connectivity index (χ2v) is 5.24. The molecule has 0 aromatic heterocycles. The maximum atomic E-state index is 12.9. The van der Waals surface area contributed by atoms with Gasteiger partial charge in [0.1, 0.15) is 5.82 Å². The van der Waals surface area contributed by atoms with Crippen LogP contribution in [0.15, 0.2) is 18.2 Å². The van der Waals surface area contributed by atoms with Crippen LogP contribution in [0.1, 0.15) is 12.0 Å². The molecule has 104 valence electrons. The molecule has 1 aliphatic heterocycles. The molecule has 1 saturated heterocycles. The van der Waals surface area contributed by atoms with Crippen molar-refractivity contribution in [3.63, 3.8) is 0 Å². The molecule has 0 saturated carbocycles. The Morgan fingerprint density at radius 1 is 1.37 bits per heavy atom. The molecular formula is C14H18ClFN2O. The summed E-state index contributed by atoms with van der Waals surface area (Å²) in [5, 5.41) is 3.62. The summed E-state index contributed by atoms with van der Waals surface area (Å²) in [6.07, 6.45) is 1.33. The Morgan fingerprint density at radius 3 is 3.00 bits per heavy atom. The van der Waals surface area contributed by atoms with Gasteiger partial charge in [0.05, 0.1) is 6.54 Å². The van der Waals surface area contributed by atoms with Gasteiger partial charge in [-0.15, -0.1) is 0 Å². The number of carbonyl (C=O) groups excluding carboxylic acids is 1. The highest BCUT2D eigenvalue weighted by Gasteiger charge is 2.14. The van der Waals surface area contributed by atoms with Crippen molar-refractivity contribution in [1.82, 2.24) is 10.2 Å². The zero-order valence-electron chi connectivity index (χ0n) is 10.8. The number of rotatable bonds is 4. The van der Waals surface area contributed by atoms with Crippen LogP contribution in [-0.2, 0) is 11.2 Å². The van der Waals surface area contributed by atoms with E-state index in [0.717, 1.165) is 32.6 Å². The lowest BCUT2D eigenvalue weighted by atomic mass is 10.1. The molecule has 0 radical (unpaired) electrons. The number of nitrogens with zero attached hydrogens (tertiary/aromatic N) is 1. The van der Waals surface area contributed by atoms with E-state index >= 15 is 0 Å². The molecule has 1 aromatic carbocycles. The first-order valence-corrected chi connectivity index (χ1v) is 6.91. The van der Waals surface area contributed by atoms with Crippen LogP contribution in [0.3, 0.4) is 0 Å². The average molecular weight is 285 g/mol. The Labute approximate surface area is 117 Å². The molecule has 0 aliphatic carbocycles. The van der Waals surface area contributed by atoms with Crippen LogP contribution in [0.2, 0.25) is 5.02 Å². The molecule has 0 bridgehead atoms. The van der Waals surface area contributed by atoms with E-state index in [1.807, 2.05) is 0 Å². The summed E-state index contributed by atoms with van der Waals surface area (Å²) in [6, 6.07) is 4.17. The fourth-order valence-electron chi connectivity index (χ4n) is 2.24. The number of Topliss-reactive ketones (excluding diaryl/α,β-unsaturated/α-hetero) is 1. The molecule has 1 fully saturated rings. The Hall–Kier alpha value is -0.970. The van der Waals surface area contributed by atoms with E-state index in [4.69, 9.17) is 11.6 Å². The maximum Gasteiger partial charge on any atom is 0.151 e. The third kappa shape index (κ3) is 4.56. The molecule has 1 heterocycles. The third-order valence-electron chi connectivity index (χ3n) is 3.24. The van der Waals surface area contributed by atoms with Crippen molar-refractivity contribution in [3.05, 3.63) is 34.6 Å². The van der Waals surface area contributed by atoms with Gasteiger partial charge in [0.25, 0.3) is 0 Å². The van der Waals surface area contributed by atoms with Crippen LogP contribution in [0.5, 0.6) is 0 Å². The van der Waals surface area contributed by atoms with E-state index in [9.17, 15) is 9.18 Å². The van der Waals surface area contributed by atoms with Crippen LogP contribution in [0.25, 0.3) is 0 Å². The molecule has 0 atom stereocenters. The van der Waals surface area contributed by atoms with Crippen LogP contribution in [0, 0.1) is 5.82 Å². The summed E-state index contributed by atoms with van der Waals surface area (Å²) in [6.45, 7) is 4.20. The highest BCUT2D eigenvalue weighted by Crippen LogP contribution is 2.18. The summed E-state index contributed by atoms with van der Waals surface area (Å²) < 4.78 is 12.9. The highest BCUT2D eigenvalue weighted by atomic mass is 35.5. The molecule has 0 amide bonds. The summed E-state index contributed by atoms with van der Waals surface area (Å²) >= 11 is 5.93. The van der Waals surface area contributed by atoms with Gasteiger partial charge in [-0.25, -0.2) is 4.39 Å². The number of benzene rings is 1. The first-order valence-electron chi connectivity index (χ1n) is 6.54. The van der Waals surface area contributed by atoms with Gasteiger partial charge in [0.15, 0.2) is 5.78 Å². The van der Waals surface area contributed by atoms with Crippen molar-refractivity contribution in [2.45, 2.75) is 12.8 Å². The summed E-state index contributed by atoms with van der Waals surface area (Å²) in [7, 11) is 0. The largest absolute Gasteiger partial charge is 0.315 e. The van der Waals surface area contributed by atoms with Crippen molar-refractivity contribution < 1.29 is 9.18 Å². The lowest BCUT2D eigenvalue weighted by molar-refractivity contribution is -0.119. The molecule has 0 unspecified atom stereocenters. The van der Waals surface area contributed by atoms with Gasteiger partial charge in [-0.1, -0.05) is 17.7 Å². The van der Waals surface area contributed by atoms with Crippen molar-refractivity contribution >= 4 is 17.4 Å². The molecule has 19 heavy (non-hydrogen) atoms. The van der Waals surface area contributed by atoms with Crippen LogP contribution >= 0.6 is 11.6 Å². The molecule has 1 aliphatic rings. The van der Waals surface area contributed by atoms with Crippen LogP contribution < -0.4 is 5.32 Å². The smallest absolute Gasteiger partial charge is 0.151 e. The van der Waals surface area contributed by atoms with Gasteiger partial charge >= 0.3 is 0 Å². The van der Waals surface area contributed by atoms with E-state index in [-0.39, 0.29) is 18.0 Å². The molecule has 0 spiro atoms. The van der Waals surface area contributed by atoms with Gasteiger partial charge in [0.2, 0.25) is 0 Å². The third-order valence-corrected chi connectivity index (χ3v) is 3.59. The minimum absolute atomic E-state index is 0.121. The minimum Gasteiger partial charge on any atom is -0.315 e. The van der Waals surface area contributed by atoms with Crippen molar-refractivity contribution in [1.29, 1.82) is 0 Å². The number of halogens is 2. The molecule has 1 N–H and O–H groups in total. The Bertz CT molecular complexity index is 445. The van der Waals surface area contributed by atoms with E-state index in [1.54, 1.807) is 6.07 Å². The predicted molar refractivity (Wildman–Crippen MR) is 74.0 cm³/mol. The predicted octanol–water partition coefficient (Wildman–Crippen LogP) is 1.89. The summed E-state index contributed by atoms with van der Waals surface area (Å²) in [5.74, 6) is -0.254. The lowest BCUT2D eigenvalue weighted by Gasteiger charge is -2.18. The average Bonchev–Trinajstić information content (AvgIpc) is 2.61. The second kappa shape index (κ2) is 6.98. The fraction of sp³-hybridized carbons (Fsp3) is 0.500. The normalized spacial score (nSPS) is 17.2. The monoisotopic (exact) mass is 284 g/mol. The number of hydrogen-bond acceptors (Lipinski definition) is 3. The maximum absolute atomic E-state index is 12.9. The van der Waals surface area contributed by atoms with Gasteiger partial charge in [-0.3, -0.25) is 9.69 Å². The molecule has 1 aromatic rings. The molecular weight excluding hydrogens is 267 g/mol. The summed E-state index contributed by atoms with van der Waals surface area (Å²) in [5.41, 5.74) is 0.695. The molecule has 5 heteroatoms. The Morgan fingerprint density at radius 2 is 2.21 bits per heavy atom. The zero-order chi connectivity index (χ0) is 13.7. The topological polar surface area (TPSA) is 32.3 Å². The quantitative estimate of drug-likeness (QED) is 0.916. The number of ketones is 1.